The minimum atomic E-state index is -3.74. The molecular weight excluding hydrogens is 280 g/mol. The Bertz CT molecular complexity index is 660. The Balaban J connectivity index is 2.08. The second kappa shape index (κ2) is 5.83. The number of benzene rings is 2. The van der Waals surface area contributed by atoms with Crippen LogP contribution in [0.25, 0.3) is 0 Å². The zero-order chi connectivity index (χ0) is 14.6. The highest BCUT2D eigenvalue weighted by atomic mass is 32.2. The van der Waals surface area contributed by atoms with Crippen LogP contribution in [0.1, 0.15) is 5.56 Å². The van der Waals surface area contributed by atoms with E-state index in [1.54, 1.807) is 31.4 Å². The first-order chi connectivity index (χ1) is 9.48. The van der Waals surface area contributed by atoms with Crippen LogP contribution < -0.4 is 8.92 Å². The molecule has 0 amide bonds. The highest BCUT2D eigenvalue weighted by Crippen LogP contribution is 2.20. The van der Waals surface area contributed by atoms with Crippen LogP contribution in [-0.4, -0.2) is 20.6 Å². The highest BCUT2D eigenvalue weighted by molar-refractivity contribution is 7.86. The van der Waals surface area contributed by atoms with E-state index in [1.165, 1.54) is 24.3 Å². The van der Waals surface area contributed by atoms with Crippen LogP contribution in [-0.2, 0) is 15.9 Å². The summed E-state index contributed by atoms with van der Waals surface area (Å²) in [4.78, 5) is 0. The molecule has 20 heavy (non-hydrogen) atoms. The standard InChI is InChI=1S/C14H14O5S/c1-18-13-6-2-11(3-7-13)10-20(16,17)19-14-8-4-12(15)5-9-14/h2-9,15H,10H2,1H3. The largest absolute Gasteiger partial charge is 0.508 e. The van der Waals surface area contributed by atoms with Crippen molar-refractivity contribution in [2.24, 2.45) is 0 Å². The van der Waals surface area contributed by atoms with E-state index in [0.717, 1.165) is 0 Å². The zero-order valence-electron chi connectivity index (χ0n) is 10.8. The summed E-state index contributed by atoms with van der Waals surface area (Å²) in [6.07, 6.45) is 0. The molecule has 0 aromatic heterocycles. The quantitative estimate of drug-likeness (QED) is 0.857. The van der Waals surface area contributed by atoms with E-state index in [2.05, 4.69) is 0 Å². The predicted octanol–water partition coefficient (Wildman–Crippen LogP) is 2.31. The Kier molecular flexibility index (Phi) is 4.14. The van der Waals surface area contributed by atoms with Crippen LogP contribution in [0.3, 0.4) is 0 Å². The van der Waals surface area contributed by atoms with Gasteiger partial charge in [-0.25, -0.2) is 0 Å². The van der Waals surface area contributed by atoms with Crippen molar-refractivity contribution >= 4 is 10.1 Å². The lowest BCUT2D eigenvalue weighted by molar-refractivity contribution is 0.414. The molecule has 0 aliphatic carbocycles. The molecule has 0 spiro atoms. The van der Waals surface area contributed by atoms with Gasteiger partial charge in [-0.2, -0.15) is 8.42 Å². The molecule has 0 aliphatic rings. The minimum Gasteiger partial charge on any atom is -0.508 e. The summed E-state index contributed by atoms with van der Waals surface area (Å²) in [5.41, 5.74) is 0.601. The Morgan fingerprint density at radius 1 is 0.950 bits per heavy atom. The van der Waals surface area contributed by atoms with Crippen LogP contribution in [0.5, 0.6) is 17.2 Å². The molecule has 6 heteroatoms. The van der Waals surface area contributed by atoms with Crippen molar-refractivity contribution in [2.75, 3.05) is 7.11 Å². The van der Waals surface area contributed by atoms with Gasteiger partial charge in [0.1, 0.15) is 23.0 Å². The molecule has 1 N–H and O–H groups in total. The van der Waals surface area contributed by atoms with Crippen LogP contribution >= 0.6 is 0 Å². The summed E-state index contributed by atoms with van der Waals surface area (Å²) in [5, 5.41) is 9.12. The van der Waals surface area contributed by atoms with Crippen molar-refractivity contribution in [3.63, 3.8) is 0 Å². The van der Waals surface area contributed by atoms with Gasteiger partial charge in [-0.3, -0.25) is 0 Å². The second-order valence-corrected chi connectivity index (χ2v) is 5.70. The predicted molar refractivity (Wildman–Crippen MR) is 74.4 cm³/mol. The van der Waals surface area contributed by atoms with Crippen molar-refractivity contribution in [3.8, 4) is 17.2 Å². The van der Waals surface area contributed by atoms with Crippen LogP contribution in [0.4, 0.5) is 0 Å². The minimum absolute atomic E-state index is 0.0462. The van der Waals surface area contributed by atoms with Gasteiger partial charge in [-0.15, -0.1) is 0 Å². The van der Waals surface area contributed by atoms with Gasteiger partial charge < -0.3 is 14.0 Å². The summed E-state index contributed by atoms with van der Waals surface area (Å²) in [6, 6.07) is 12.2. The lowest BCUT2D eigenvalue weighted by Crippen LogP contribution is -2.12. The third-order valence-electron chi connectivity index (χ3n) is 2.56. The number of methoxy groups -OCH3 is 1. The van der Waals surface area contributed by atoms with Crippen LogP contribution in [0, 0.1) is 0 Å². The van der Waals surface area contributed by atoms with Gasteiger partial charge in [0, 0.05) is 0 Å². The number of aromatic hydroxyl groups is 1. The van der Waals surface area contributed by atoms with Crippen molar-refractivity contribution < 1.29 is 22.4 Å². The fourth-order valence-electron chi connectivity index (χ4n) is 1.60. The van der Waals surface area contributed by atoms with Gasteiger partial charge in [0.15, 0.2) is 0 Å². The molecular formula is C14H14O5S. The summed E-state index contributed by atoms with van der Waals surface area (Å²) in [6.45, 7) is 0. The molecule has 0 heterocycles. The van der Waals surface area contributed by atoms with Crippen molar-refractivity contribution in [3.05, 3.63) is 54.1 Å². The second-order valence-electron chi connectivity index (χ2n) is 4.13. The SMILES string of the molecule is COc1ccc(CS(=O)(=O)Oc2ccc(O)cc2)cc1. The van der Waals surface area contributed by atoms with Gasteiger partial charge in [0.2, 0.25) is 0 Å². The lowest BCUT2D eigenvalue weighted by atomic mass is 10.2. The van der Waals surface area contributed by atoms with E-state index in [4.69, 9.17) is 14.0 Å². The highest BCUT2D eigenvalue weighted by Gasteiger charge is 2.14. The fourth-order valence-corrected chi connectivity index (χ4v) is 2.67. The van der Waals surface area contributed by atoms with E-state index in [1.807, 2.05) is 0 Å². The average Bonchev–Trinajstić information content (AvgIpc) is 2.41. The lowest BCUT2D eigenvalue weighted by Gasteiger charge is -2.07. The number of hydrogen-bond acceptors (Lipinski definition) is 5. The van der Waals surface area contributed by atoms with Crippen molar-refractivity contribution in [2.45, 2.75) is 5.75 Å². The molecule has 5 nitrogen and oxygen atoms in total. The van der Waals surface area contributed by atoms with Gasteiger partial charge in [-0.05, 0) is 42.0 Å². The van der Waals surface area contributed by atoms with Crippen LogP contribution in [0.15, 0.2) is 48.5 Å². The Hall–Kier alpha value is -2.21. The third kappa shape index (κ3) is 3.89. The van der Waals surface area contributed by atoms with E-state index in [-0.39, 0.29) is 17.3 Å². The number of rotatable bonds is 5. The normalized spacial score (nSPS) is 11.1. The maximum absolute atomic E-state index is 11.9. The molecule has 0 saturated heterocycles. The zero-order valence-corrected chi connectivity index (χ0v) is 11.6. The molecule has 0 aliphatic heterocycles. The summed E-state index contributed by atoms with van der Waals surface area (Å²) >= 11 is 0. The maximum atomic E-state index is 11.9. The van der Waals surface area contributed by atoms with E-state index in [9.17, 15) is 8.42 Å². The molecule has 2 aromatic rings. The van der Waals surface area contributed by atoms with Gasteiger partial charge in [0.05, 0.1) is 7.11 Å². The van der Waals surface area contributed by atoms with E-state index < -0.39 is 10.1 Å². The number of hydrogen-bond donors (Lipinski definition) is 1. The Morgan fingerprint density at radius 2 is 1.50 bits per heavy atom. The Labute approximate surface area is 117 Å². The molecule has 0 atom stereocenters. The number of phenols is 1. The topological polar surface area (TPSA) is 72.8 Å². The van der Waals surface area contributed by atoms with E-state index >= 15 is 0 Å². The Morgan fingerprint density at radius 3 is 2.05 bits per heavy atom. The molecule has 106 valence electrons. The number of ether oxygens (including phenoxy) is 1. The third-order valence-corrected chi connectivity index (χ3v) is 3.70. The average molecular weight is 294 g/mol. The smallest absolute Gasteiger partial charge is 0.313 e. The number of phenolic OH excluding ortho intramolecular Hbond substituents is 1. The first-order valence-corrected chi connectivity index (χ1v) is 7.40. The molecule has 2 rings (SSSR count). The summed E-state index contributed by atoms with van der Waals surface area (Å²) in [7, 11) is -2.20. The summed E-state index contributed by atoms with van der Waals surface area (Å²) < 4.78 is 33.7. The molecule has 0 fully saturated rings. The van der Waals surface area contributed by atoms with Crippen LogP contribution in [0.2, 0.25) is 0 Å². The summed E-state index contributed by atoms with van der Waals surface area (Å²) in [5.74, 6) is 0.629. The molecule has 0 radical (unpaired) electrons. The molecule has 2 aromatic carbocycles. The molecule has 0 unspecified atom stereocenters. The van der Waals surface area contributed by atoms with Gasteiger partial charge in [-0.1, -0.05) is 12.1 Å². The first-order valence-electron chi connectivity index (χ1n) is 5.83. The molecule has 0 saturated carbocycles. The van der Waals surface area contributed by atoms with Gasteiger partial charge >= 0.3 is 10.1 Å². The first kappa shape index (κ1) is 14.2. The monoisotopic (exact) mass is 294 g/mol. The van der Waals surface area contributed by atoms with Crippen molar-refractivity contribution in [1.29, 1.82) is 0 Å². The molecule has 0 bridgehead atoms. The maximum Gasteiger partial charge on any atom is 0.313 e. The van der Waals surface area contributed by atoms with Crippen molar-refractivity contribution in [1.82, 2.24) is 0 Å². The van der Waals surface area contributed by atoms with Gasteiger partial charge in [0.25, 0.3) is 0 Å². The fraction of sp³-hybridized carbons (Fsp3) is 0.143. The van der Waals surface area contributed by atoms with E-state index in [0.29, 0.717) is 11.3 Å².